The van der Waals surface area contributed by atoms with Crippen molar-refractivity contribution in [2.75, 3.05) is 13.1 Å². The van der Waals surface area contributed by atoms with Gasteiger partial charge in [0.15, 0.2) is 0 Å². The average Bonchev–Trinajstić information content (AvgIpc) is 3.03. The van der Waals surface area contributed by atoms with Gasteiger partial charge in [-0.15, -0.1) is 0 Å². The summed E-state index contributed by atoms with van der Waals surface area (Å²) in [6.07, 6.45) is 6.15. The molecular weight excluding hydrogens is 302 g/mol. The Morgan fingerprint density at radius 3 is 3.00 bits per heavy atom. The van der Waals surface area contributed by atoms with Crippen molar-refractivity contribution in [2.45, 2.75) is 45.2 Å². The molecular formula is C19H25N3O2. The minimum atomic E-state index is -0.858. The van der Waals surface area contributed by atoms with Gasteiger partial charge in [-0.05, 0) is 56.8 Å². The van der Waals surface area contributed by atoms with Gasteiger partial charge < -0.3 is 9.67 Å². The zero-order valence-corrected chi connectivity index (χ0v) is 14.4. The maximum atomic E-state index is 11.2. The van der Waals surface area contributed by atoms with Crippen LogP contribution < -0.4 is 0 Å². The number of carbonyl (C=O) groups is 1. The molecule has 0 aliphatic carbocycles. The van der Waals surface area contributed by atoms with E-state index in [9.17, 15) is 9.90 Å². The molecule has 1 aromatic carbocycles. The van der Waals surface area contributed by atoms with E-state index >= 15 is 0 Å². The second kappa shape index (κ2) is 7.18. The van der Waals surface area contributed by atoms with E-state index in [2.05, 4.69) is 34.4 Å². The first-order chi connectivity index (χ1) is 11.5. The van der Waals surface area contributed by atoms with Crippen LogP contribution in [-0.2, 0) is 6.54 Å². The molecule has 1 fully saturated rings. The Morgan fingerprint density at radius 1 is 1.42 bits per heavy atom. The topological polar surface area (TPSA) is 58.4 Å². The van der Waals surface area contributed by atoms with Gasteiger partial charge >= 0.3 is 5.97 Å². The number of hydrogen-bond acceptors (Lipinski definition) is 3. The molecule has 3 rings (SSSR count). The van der Waals surface area contributed by atoms with Gasteiger partial charge in [0.25, 0.3) is 0 Å². The van der Waals surface area contributed by atoms with Gasteiger partial charge in [0.1, 0.15) is 5.82 Å². The average molecular weight is 327 g/mol. The molecule has 1 saturated heterocycles. The highest BCUT2D eigenvalue weighted by molar-refractivity contribution is 5.87. The third-order valence-electron chi connectivity index (χ3n) is 4.78. The molecule has 128 valence electrons. The van der Waals surface area contributed by atoms with Crippen LogP contribution in [0.3, 0.4) is 0 Å². The van der Waals surface area contributed by atoms with Crippen LogP contribution in [0.15, 0.2) is 36.7 Å². The van der Waals surface area contributed by atoms with E-state index in [4.69, 9.17) is 0 Å². The van der Waals surface area contributed by atoms with Crippen molar-refractivity contribution in [1.82, 2.24) is 14.5 Å². The van der Waals surface area contributed by atoms with Crippen molar-refractivity contribution in [1.29, 1.82) is 0 Å². The molecule has 0 spiro atoms. The Hall–Kier alpha value is -2.14. The lowest BCUT2D eigenvalue weighted by Gasteiger charge is -2.33. The molecule has 24 heavy (non-hydrogen) atoms. The molecule has 5 heteroatoms. The molecule has 0 bridgehead atoms. The lowest BCUT2D eigenvalue weighted by Crippen LogP contribution is -2.34. The van der Waals surface area contributed by atoms with Gasteiger partial charge in [0, 0.05) is 25.0 Å². The van der Waals surface area contributed by atoms with Crippen molar-refractivity contribution >= 4 is 5.97 Å². The van der Waals surface area contributed by atoms with E-state index < -0.39 is 5.97 Å². The van der Waals surface area contributed by atoms with Crippen LogP contribution in [0.25, 0.3) is 0 Å². The molecule has 5 nitrogen and oxygen atoms in total. The molecule has 2 heterocycles. The summed E-state index contributed by atoms with van der Waals surface area (Å²) in [5.41, 5.74) is 1.51. The lowest BCUT2D eigenvalue weighted by molar-refractivity contribution is 0.0696. The Balaban J connectivity index is 1.71. The second-order valence-corrected chi connectivity index (χ2v) is 6.85. The summed E-state index contributed by atoms with van der Waals surface area (Å²) in [5.74, 6) is 0.633. The summed E-state index contributed by atoms with van der Waals surface area (Å²) in [7, 11) is 0. The van der Waals surface area contributed by atoms with E-state index in [1.54, 1.807) is 6.07 Å². The third kappa shape index (κ3) is 3.67. The molecule has 2 aromatic rings. The van der Waals surface area contributed by atoms with E-state index in [0.717, 1.165) is 43.9 Å². The number of carboxylic acid groups (broad SMARTS) is 1. The minimum Gasteiger partial charge on any atom is -0.478 e. The number of aromatic carboxylic acids is 1. The van der Waals surface area contributed by atoms with Crippen molar-refractivity contribution in [3.63, 3.8) is 0 Å². The van der Waals surface area contributed by atoms with Gasteiger partial charge in [0.2, 0.25) is 0 Å². The third-order valence-corrected chi connectivity index (χ3v) is 4.78. The number of carboxylic acids is 1. The maximum absolute atomic E-state index is 11.2. The first-order valence-corrected chi connectivity index (χ1v) is 8.62. The van der Waals surface area contributed by atoms with Gasteiger partial charge in [-0.1, -0.05) is 12.1 Å². The fourth-order valence-electron chi connectivity index (χ4n) is 3.53. The van der Waals surface area contributed by atoms with Gasteiger partial charge in [-0.2, -0.15) is 0 Å². The molecule has 0 saturated carbocycles. The van der Waals surface area contributed by atoms with Crippen LogP contribution in [0.5, 0.6) is 0 Å². The molecule has 0 radical (unpaired) electrons. The van der Waals surface area contributed by atoms with Crippen molar-refractivity contribution in [3.05, 3.63) is 53.6 Å². The normalized spacial score (nSPS) is 18.9. The maximum Gasteiger partial charge on any atom is 0.335 e. The van der Waals surface area contributed by atoms with Gasteiger partial charge in [0.05, 0.1) is 12.1 Å². The molecule has 1 atom stereocenters. The summed E-state index contributed by atoms with van der Waals surface area (Å²) >= 11 is 0. The SMILES string of the molecule is CC(C)n1ccnc1CN1CCC[C@H](c2cccc(C(=O)O)c2)C1. The van der Waals surface area contributed by atoms with E-state index in [1.165, 1.54) is 0 Å². The Morgan fingerprint density at radius 2 is 2.25 bits per heavy atom. The van der Waals surface area contributed by atoms with E-state index in [1.807, 2.05) is 24.5 Å². The van der Waals surface area contributed by atoms with Crippen molar-refractivity contribution in [2.24, 2.45) is 0 Å². The summed E-state index contributed by atoms with van der Waals surface area (Å²) in [6.45, 7) is 7.21. The monoisotopic (exact) mass is 327 g/mol. The number of piperidine rings is 1. The van der Waals surface area contributed by atoms with Crippen molar-refractivity contribution in [3.8, 4) is 0 Å². The number of nitrogens with zero attached hydrogens (tertiary/aromatic N) is 3. The number of hydrogen-bond donors (Lipinski definition) is 1. The van der Waals surface area contributed by atoms with E-state index in [-0.39, 0.29) is 0 Å². The number of benzene rings is 1. The van der Waals surface area contributed by atoms with Gasteiger partial charge in [-0.3, -0.25) is 4.90 Å². The lowest BCUT2D eigenvalue weighted by atomic mass is 9.89. The Bertz CT molecular complexity index is 708. The molecule has 1 aliphatic heterocycles. The molecule has 1 aromatic heterocycles. The molecule has 1 N–H and O–H groups in total. The standard InChI is InChI=1S/C19H25N3O2/c1-14(2)22-10-8-20-18(22)13-21-9-4-7-17(12-21)15-5-3-6-16(11-15)19(23)24/h3,5-6,8,10-11,14,17H,4,7,9,12-13H2,1-2H3,(H,23,24)/t17-/m0/s1. The predicted molar refractivity (Wildman–Crippen MR) is 93.3 cm³/mol. The number of aromatic nitrogens is 2. The van der Waals surface area contributed by atoms with Crippen LogP contribution in [0.4, 0.5) is 0 Å². The Labute approximate surface area is 142 Å². The minimum absolute atomic E-state index is 0.375. The molecule has 1 aliphatic rings. The molecule has 0 amide bonds. The number of rotatable bonds is 5. The predicted octanol–water partition coefficient (Wildman–Crippen LogP) is 3.54. The van der Waals surface area contributed by atoms with Crippen molar-refractivity contribution < 1.29 is 9.90 Å². The summed E-state index contributed by atoms with van der Waals surface area (Å²) < 4.78 is 2.22. The second-order valence-electron chi connectivity index (χ2n) is 6.85. The summed E-state index contributed by atoms with van der Waals surface area (Å²) in [4.78, 5) is 18.1. The smallest absolute Gasteiger partial charge is 0.335 e. The fraction of sp³-hybridized carbons (Fsp3) is 0.474. The largest absolute Gasteiger partial charge is 0.478 e. The van der Waals surface area contributed by atoms with Crippen LogP contribution in [0.1, 0.15) is 60.4 Å². The first kappa shape index (κ1) is 16.7. The first-order valence-electron chi connectivity index (χ1n) is 8.62. The van der Waals surface area contributed by atoms with Gasteiger partial charge in [-0.25, -0.2) is 9.78 Å². The Kier molecular flexibility index (Phi) is 5.00. The number of imidazole rings is 1. The van der Waals surface area contributed by atoms with Crippen LogP contribution in [0.2, 0.25) is 0 Å². The highest BCUT2D eigenvalue weighted by Crippen LogP contribution is 2.28. The zero-order valence-electron chi connectivity index (χ0n) is 14.4. The van der Waals surface area contributed by atoms with E-state index in [0.29, 0.717) is 17.5 Å². The van der Waals surface area contributed by atoms with Crippen LogP contribution in [0, 0.1) is 0 Å². The zero-order chi connectivity index (χ0) is 17.1. The highest BCUT2D eigenvalue weighted by atomic mass is 16.4. The summed E-state index contributed by atoms with van der Waals surface area (Å²) in [5, 5.41) is 9.19. The quantitative estimate of drug-likeness (QED) is 0.912. The highest BCUT2D eigenvalue weighted by Gasteiger charge is 2.23. The number of likely N-dealkylation sites (tertiary alicyclic amines) is 1. The fourth-order valence-corrected chi connectivity index (χ4v) is 3.53. The summed E-state index contributed by atoms with van der Waals surface area (Å²) in [6, 6.07) is 7.80. The molecule has 0 unspecified atom stereocenters. The van der Waals surface area contributed by atoms with Crippen LogP contribution >= 0.6 is 0 Å². The van der Waals surface area contributed by atoms with Crippen LogP contribution in [-0.4, -0.2) is 38.6 Å².